The van der Waals surface area contributed by atoms with Gasteiger partial charge in [0, 0.05) is 0 Å². The van der Waals surface area contributed by atoms with Crippen LogP contribution < -0.4 is 5.73 Å². The van der Waals surface area contributed by atoms with E-state index in [1.54, 1.807) is 0 Å². The average molecular weight is 227 g/mol. The molecule has 0 radical (unpaired) electrons. The first-order chi connectivity index (χ1) is 7.52. The van der Waals surface area contributed by atoms with Crippen molar-refractivity contribution in [3.05, 3.63) is 0 Å². The number of carboxylic acids is 1. The van der Waals surface area contributed by atoms with E-state index in [1.165, 1.54) is 32.1 Å². The highest BCUT2D eigenvalue weighted by atomic mass is 16.4. The third-order valence-corrected chi connectivity index (χ3v) is 4.52. The molecular weight excluding hydrogens is 202 g/mol. The number of rotatable bonds is 5. The Morgan fingerprint density at radius 2 is 1.94 bits per heavy atom. The van der Waals surface area contributed by atoms with Gasteiger partial charge < -0.3 is 10.8 Å². The first-order valence-corrected chi connectivity index (χ1v) is 6.50. The van der Waals surface area contributed by atoms with Crippen LogP contribution in [0.25, 0.3) is 0 Å². The molecule has 0 aromatic heterocycles. The third-order valence-electron chi connectivity index (χ3n) is 4.52. The second-order valence-electron chi connectivity index (χ2n) is 5.36. The Balaban J connectivity index is 2.61. The summed E-state index contributed by atoms with van der Waals surface area (Å²) in [6.07, 6.45) is 8.18. The highest BCUT2D eigenvalue weighted by Crippen LogP contribution is 2.46. The molecule has 0 aromatic carbocycles. The maximum Gasteiger partial charge on any atom is 0.320 e. The molecule has 0 aliphatic heterocycles. The fourth-order valence-corrected chi connectivity index (χ4v) is 3.18. The molecule has 2 atom stereocenters. The molecule has 0 spiro atoms. The molecule has 0 heterocycles. The van der Waals surface area contributed by atoms with Crippen molar-refractivity contribution in [2.45, 2.75) is 64.8 Å². The molecule has 1 rings (SSSR count). The van der Waals surface area contributed by atoms with Gasteiger partial charge in [-0.2, -0.15) is 0 Å². The average Bonchev–Trinajstić information content (AvgIpc) is 2.29. The number of nitrogens with two attached hydrogens (primary N) is 1. The van der Waals surface area contributed by atoms with Gasteiger partial charge >= 0.3 is 5.97 Å². The SMILES string of the molecule is CCC1(C(C)CC(N)C(=O)O)CCCCC1. The van der Waals surface area contributed by atoms with Gasteiger partial charge in [-0.05, 0) is 30.6 Å². The summed E-state index contributed by atoms with van der Waals surface area (Å²) >= 11 is 0. The van der Waals surface area contributed by atoms with E-state index in [-0.39, 0.29) is 0 Å². The standard InChI is InChI=1S/C13H25NO2/c1-3-13(7-5-4-6-8-13)10(2)9-11(14)12(15)16/h10-11H,3-9,14H2,1-2H3,(H,15,16). The van der Waals surface area contributed by atoms with Crippen LogP contribution in [0.1, 0.15) is 58.8 Å². The van der Waals surface area contributed by atoms with Gasteiger partial charge in [-0.3, -0.25) is 4.79 Å². The second-order valence-corrected chi connectivity index (χ2v) is 5.36. The van der Waals surface area contributed by atoms with Gasteiger partial charge in [-0.1, -0.05) is 39.5 Å². The van der Waals surface area contributed by atoms with Gasteiger partial charge in [0.2, 0.25) is 0 Å². The van der Waals surface area contributed by atoms with E-state index < -0.39 is 12.0 Å². The van der Waals surface area contributed by atoms with Crippen LogP contribution in [-0.2, 0) is 4.79 Å². The van der Waals surface area contributed by atoms with Crippen molar-refractivity contribution in [2.24, 2.45) is 17.1 Å². The lowest BCUT2D eigenvalue weighted by Gasteiger charge is -2.42. The smallest absolute Gasteiger partial charge is 0.320 e. The summed E-state index contributed by atoms with van der Waals surface area (Å²) in [5.41, 5.74) is 5.99. The van der Waals surface area contributed by atoms with Crippen LogP contribution in [0.2, 0.25) is 0 Å². The summed E-state index contributed by atoms with van der Waals surface area (Å²) in [4.78, 5) is 10.8. The quantitative estimate of drug-likeness (QED) is 0.759. The Labute approximate surface area is 98.4 Å². The molecule has 1 aliphatic carbocycles. The van der Waals surface area contributed by atoms with Crippen molar-refractivity contribution in [3.63, 3.8) is 0 Å². The molecule has 0 saturated heterocycles. The highest BCUT2D eigenvalue weighted by molar-refractivity contribution is 5.73. The van der Waals surface area contributed by atoms with Crippen LogP contribution in [0.3, 0.4) is 0 Å². The van der Waals surface area contributed by atoms with E-state index in [2.05, 4.69) is 13.8 Å². The highest BCUT2D eigenvalue weighted by Gasteiger charge is 2.36. The van der Waals surface area contributed by atoms with Crippen molar-refractivity contribution in [1.29, 1.82) is 0 Å². The van der Waals surface area contributed by atoms with E-state index in [9.17, 15) is 4.79 Å². The zero-order valence-corrected chi connectivity index (χ0v) is 10.5. The fraction of sp³-hybridized carbons (Fsp3) is 0.923. The molecule has 1 aliphatic rings. The summed E-state index contributed by atoms with van der Waals surface area (Å²) in [5, 5.41) is 8.86. The van der Waals surface area contributed by atoms with Crippen molar-refractivity contribution >= 4 is 5.97 Å². The van der Waals surface area contributed by atoms with Gasteiger partial charge in [0.1, 0.15) is 6.04 Å². The predicted molar refractivity (Wildman–Crippen MR) is 65.2 cm³/mol. The lowest BCUT2D eigenvalue weighted by atomic mass is 9.63. The largest absolute Gasteiger partial charge is 0.480 e. The summed E-state index contributed by atoms with van der Waals surface area (Å²) in [5.74, 6) is -0.446. The zero-order chi connectivity index (χ0) is 12.2. The zero-order valence-electron chi connectivity index (χ0n) is 10.5. The van der Waals surface area contributed by atoms with E-state index >= 15 is 0 Å². The molecule has 16 heavy (non-hydrogen) atoms. The first kappa shape index (κ1) is 13.5. The van der Waals surface area contributed by atoms with Gasteiger partial charge in [-0.15, -0.1) is 0 Å². The maximum absolute atomic E-state index is 10.8. The Bertz CT molecular complexity index is 234. The van der Waals surface area contributed by atoms with Crippen LogP contribution in [0.4, 0.5) is 0 Å². The molecule has 0 amide bonds. The summed E-state index contributed by atoms with van der Waals surface area (Å²) < 4.78 is 0. The van der Waals surface area contributed by atoms with Crippen LogP contribution in [0.15, 0.2) is 0 Å². The molecule has 3 N–H and O–H groups in total. The van der Waals surface area contributed by atoms with Crippen LogP contribution in [0.5, 0.6) is 0 Å². The molecule has 1 saturated carbocycles. The molecule has 2 unspecified atom stereocenters. The lowest BCUT2D eigenvalue weighted by Crippen LogP contribution is -2.38. The van der Waals surface area contributed by atoms with Crippen molar-refractivity contribution in [1.82, 2.24) is 0 Å². The minimum atomic E-state index is -0.867. The van der Waals surface area contributed by atoms with Crippen LogP contribution in [-0.4, -0.2) is 17.1 Å². The Morgan fingerprint density at radius 1 is 1.38 bits per heavy atom. The first-order valence-electron chi connectivity index (χ1n) is 6.50. The summed E-state index contributed by atoms with van der Waals surface area (Å²) in [6, 6.07) is -0.694. The minimum Gasteiger partial charge on any atom is -0.480 e. The van der Waals surface area contributed by atoms with Gasteiger partial charge in [0.05, 0.1) is 0 Å². The number of carboxylic acid groups (broad SMARTS) is 1. The summed E-state index contributed by atoms with van der Waals surface area (Å²) in [6.45, 7) is 4.41. The Morgan fingerprint density at radius 3 is 2.38 bits per heavy atom. The van der Waals surface area contributed by atoms with Gasteiger partial charge in [-0.25, -0.2) is 0 Å². The number of aliphatic carboxylic acids is 1. The minimum absolute atomic E-state index is 0.353. The summed E-state index contributed by atoms with van der Waals surface area (Å²) in [7, 11) is 0. The van der Waals surface area contributed by atoms with Crippen molar-refractivity contribution in [2.75, 3.05) is 0 Å². The Kier molecular flexibility index (Phi) is 4.78. The topological polar surface area (TPSA) is 63.3 Å². The monoisotopic (exact) mass is 227 g/mol. The van der Waals surface area contributed by atoms with Gasteiger partial charge in [0.25, 0.3) is 0 Å². The van der Waals surface area contributed by atoms with E-state index in [0.29, 0.717) is 17.8 Å². The third kappa shape index (κ3) is 2.97. The number of hydrogen-bond acceptors (Lipinski definition) is 2. The van der Waals surface area contributed by atoms with E-state index in [0.717, 1.165) is 6.42 Å². The molecule has 0 bridgehead atoms. The second kappa shape index (κ2) is 5.67. The molecule has 94 valence electrons. The molecule has 0 aromatic rings. The van der Waals surface area contributed by atoms with Crippen LogP contribution in [0, 0.1) is 11.3 Å². The van der Waals surface area contributed by atoms with E-state index in [1.807, 2.05) is 0 Å². The lowest BCUT2D eigenvalue weighted by molar-refractivity contribution is -0.139. The molecule has 3 nitrogen and oxygen atoms in total. The van der Waals surface area contributed by atoms with Crippen molar-refractivity contribution in [3.8, 4) is 0 Å². The number of carbonyl (C=O) groups is 1. The number of hydrogen-bond donors (Lipinski definition) is 2. The molecular formula is C13H25NO2. The fourth-order valence-electron chi connectivity index (χ4n) is 3.18. The molecule has 3 heteroatoms. The maximum atomic E-state index is 10.8. The molecule has 1 fully saturated rings. The normalized spacial score (nSPS) is 23.7. The van der Waals surface area contributed by atoms with E-state index in [4.69, 9.17) is 10.8 Å². The van der Waals surface area contributed by atoms with Crippen molar-refractivity contribution < 1.29 is 9.90 Å². The Hall–Kier alpha value is -0.570. The van der Waals surface area contributed by atoms with Crippen LogP contribution >= 0.6 is 0 Å². The van der Waals surface area contributed by atoms with Gasteiger partial charge in [0.15, 0.2) is 0 Å². The predicted octanol–water partition coefficient (Wildman–Crippen LogP) is 2.79.